The molecule has 0 radical (unpaired) electrons. The minimum atomic E-state index is -0.791. The standard InChI is InChI=1S/C28H29N3O3S/c32-27(33)13-7-8-19-16-23(20-9-3-1-4-10-20)28(34)26(17-19)31-29-24-15-14-22(18-25(24)30-31)35-21-11-5-2-6-12-21/h2,5-6,11-12,14-18,20,34H,1,3-4,7-10,13H2,(H,32,33). The molecule has 1 aliphatic carbocycles. The van der Waals surface area contributed by atoms with E-state index in [2.05, 4.69) is 23.3 Å². The van der Waals surface area contributed by atoms with Gasteiger partial charge in [0.25, 0.3) is 0 Å². The highest BCUT2D eigenvalue weighted by atomic mass is 32.2. The first-order chi connectivity index (χ1) is 17.1. The van der Waals surface area contributed by atoms with Crippen molar-refractivity contribution < 1.29 is 15.0 Å². The van der Waals surface area contributed by atoms with Crippen molar-refractivity contribution in [3.8, 4) is 11.4 Å². The number of carboxylic acid groups (broad SMARTS) is 1. The van der Waals surface area contributed by atoms with Gasteiger partial charge in [0.05, 0.1) is 0 Å². The number of hydrogen-bond donors (Lipinski definition) is 2. The Morgan fingerprint density at radius 1 is 0.943 bits per heavy atom. The summed E-state index contributed by atoms with van der Waals surface area (Å²) in [6.07, 6.45) is 6.98. The first-order valence-corrected chi connectivity index (χ1v) is 13.1. The van der Waals surface area contributed by atoms with Crippen molar-refractivity contribution in [2.45, 2.75) is 67.1 Å². The minimum absolute atomic E-state index is 0.126. The molecule has 5 rings (SSSR count). The number of aliphatic carboxylic acids is 1. The number of carbonyl (C=O) groups is 1. The van der Waals surface area contributed by atoms with Gasteiger partial charge >= 0.3 is 5.97 Å². The van der Waals surface area contributed by atoms with Crippen LogP contribution in [0, 0.1) is 0 Å². The van der Waals surface area contributed by atoms with Gasteiger partial charge in [-0.2, -0.15) is 0 Å². The van der Waals surface area contributed by atoms with Crippen LogP contribution < -0.4 is 0 Å². The fourth-order valence-electron chi connectivity index (χ4n) is 4.86. The Bertz CT molecular complexity index is 1330. The highest BCUT2D eigenvalue weighted by Gasteiger charge is 2.23. The average Bonchev–Trinajstić information content (AvgIpc) is 3.29. The summed E-state index contributed by atoms with van der Waals surface area (Å²) in [6, 6.07) is 20.2. The molecule has 2 N–H and O–H groups in total. The van der Waals surface area contributed by atoms with Crippen LogP contribution in [-0.4, -0.2) is 31.2 Å². The van der Waals surface area contributed by atoms with Crippen LogP contribution in [0.5, 0.6) is 5.75 Å². The molecule has 0 spiro atoms. The molecule has 7 heteroatoms. The molecule has 35 heavy (non-hydrogen) atoms. The number of aryl methyl sites for hydroxylation is 1. The number of rotatable bonds is 8. The van der Waals surface area contributed by atoms with Crippen LogP contribution in [0.4, 0.5) is 0 Å². The van der Waals surface area contributed by atoms with Crippen LogP contribution in [0.1, 0.15) is 62.0 Å². The highest BCUT2D eigenvalue weighted by Crippen LogP contribution is 2.40. The fourth-order valence-corrected chi connectivity index (χ4v) is 5.73. The van der Waals surface area contributed by atoms with Gasteiger partial charge in [-0.15, -0.1) is 15.0 Å². The first kappa shape index (κ1) is 23.4. The van der Waals surface area contributed by atoms with Gasteiger partial charge in [0.1, 0.15) is 22.5 Å². The maximum atomic E-state index is 11.3. The summed E-state index contributed by atoms with van der Waals surface area (Å²) >= 11 is 1.67. The molecule has 1 fully saturated rings. The van der Waals surface area contributed by atoms with Crippen LogP contribution in [0.3, 0.4) is 0 Å². The summed E-state index contributed by atoms with van der Waals surface area (Å²) in [5, 5.41) is 29.8. The van der Waals surface area contributed by atoms with E-state index in [1.807, 2.05) is 42.5 Å². The summed E-state index contributed by atoms with van der Waals surface area (Å²) < 4.78 is 0. The molecule has 1 aliphatic rings. The fraction of sp³-hybridized carbons (Fsp3) is 0.321. The van der Waals surface area contributed by atoms with Gasteiger partial charge in [-0.1, -0.05) is 55.3 Å². The Balaban J connectivity index is 1.49. The van der Waals surface area contributed by atoms with E-state index < -0.39 is 5.97 Å². The van der Waals surface area contributed by atoms with Crippen molar-refractivity contribution in [1.82, 2.24) is 15.0 Å². The molecule has 180 valence electrons. The SMILES string of the molecule is O=C(O)CCCc1cc(C2CCCCC2)c(O)c(-n2nc3ccc(Sc4ccccc4)cc3n2)c1. The number of phenols is 1. The zero-order valence-corrected chi connectivity index (χ0v) is 20.4. The lowest BCUT2D eigenvalue weighted by Gasteiger charge is -2.24. The number of hydrogen-bond acceptors (Lipinski definition) is 5. The van der Waals surface area contributed by atoms with Crippen LogP contribution in [0.15, 0.2) is 70.5 Å². The molecule has 0 aliphatic heterocycles. The maximum Gasteiger partial charge on any atom is 0.303 e. The Morgan fingerprint density at radius 3 is 2.49 bits per heavy atom. The molecule has 0 atom stereocenters. The van der Waals surface area contributed by atoms with E-state index in [9.17, 15) is 9.90 Å². The van der Waals surface area contributed by atoms with E-state index in [1.54, 1.807) is 11.8 Å². The molecule has 1 saturated carbocycles. The third-order valence-electron chi connectivity index (χ3n) is 6.63. The summed E-state index contributed by atoms with van der Waals surface area (Å²) in [4.78, 5) is 14.8. The number of fused-ring (bicyclic) bond motifs is 1. The second-order valence-electron chi connectivity index (χ2n) is 9.19. The average molecular weight is 488 g/mol. The van der Waals surface area contributed by atoms with Crippen molar-refractivity contribution in [2.24, 2.45) is 0 Å². The predicted octanol–water partition coefficient (Wildman–Crippen LogP) is 6.73. The van der Waals surface area contributed by atoms with Crippen LogP contribution >= 0.6 is 11.8 Å². The normalized spacial score (nSPS) is 14.4. The second-order valence-corrected chi connectivity index (χ2v) is 10.3. The summed E-state index contributed by atoms with van der Waals surface area (Å²) in [5.41, 5.74) is 4.04. The lowest BCUT2D eigenvalue weighted by atomic mass is 9.82. The van der Waals surface area contributed by atoms with E-state index in [1.165, 1.54) is 11.2 Å². The number of aromatic nitrogens is 3. The van der Waals surface area contributed by atoms with E-state index in [0.717, 1.165) is 57.6 Å². The van der Waals surface area contributed by atoms with Gasteiger partial charge in [0.15, 0.2) is 0 Å². The van der Waals surface area contributed by atoms with E-state index in [-0.39, 0.29) is 12.2 Å². The Labute approximate surface area is 209 Å². The molecule has 1 aromatic heterocycles. The molecule has 6 nitrogen and oxygen atoms in total. The van der Waals surface area contributed by atoms with Crippen LogP contribution in [-0.2, 0) is 11.2 Å². The number of aromatic hydroxyl groups is 1. The molecule has 0 amide bonds. The molecular weight excluding hydrogens is 458 g/mol. The maximum absolute atomic E-state index is 11.3. The van der Waals surface area contributed by atoms with Crippen molar-refractivity contribution in [2.75, 3.05) is 0 Å². The van der Waals surface area contributed by atoms with E-state index in [0.29, 0.717) is 24.4 Å². The number of nitrogens with zero attached hydrogens (tertiary/aromatic N) is 3. The molecule has 3 aromatic carbocycles. The van der Waals surface area contributed by atoms with Crippen molar-refractivity contribution in [3.05, 3.63) is 71.8 Å². The smallest absolute Gasteiger partial charge is 0.303 e. The molecule has 0 saturated heterocycles. The first-order valence-electron chi connectivity index (χ1n) is 12.2. The Hall–Kier alpha value is -3.32. The van der Waals surface area contributed by atoms with Gasteiger partial charge in [0, 0.05) is 16.2 Å². The molecule has 0 unspecified atom stereocenters. The van der Waals surface area contributed by atoms with Gasteiger partial charge in [-0.05, 0) is 79.1 Å². The summed E-state index contributed by atoms with van der Waals surface area (Å²) in [6.45, 7) is 0. The molecule has 0 bridgehead atoms. The summed E-state index contributed by atoms with van der Waals surface area (Å²) in [5.74, 6) is -0.250. The highest BCUT2D eigenvalue weighted by molar-refractivity contribution is 7.99. The number of phenolic OH excluding ortho intramolecular Hbond substituents is 1. The molecular formula is C28H29N3O3S. The van der Waals surface area contributed by atoms with Crippen LogP contribution in [0.25, 0.3) is 16.7 Å². The summed E-state index contributed by atoms with van der Waals surface area (Å²) in [7, 11) is 0. The van der Waals surface area contributed by atoms with Gasteiger partial charge in [0.2, 0.25) is 0 Å². The number of benzene rings is 3. The lowest BCUT2D eigenvalue weighted by molar-refractivity contribution is -0.137. The monoisotopic (exact) mass is 487 g/mol. The number of carboxylic acids is 1. The second kappa shape index (κ2) is 10.5. The third kappa shape index (κ3) is 5.51. The van der Waals surface area contributed by atoms with Crippen LogP contribution in [0.2, 0.25) is 0 Å². The van der Waals surface area contributed by atoms with Crippen molar-refractivity contribution >= 4 is 28.8 Å². The lowest BCUT2D eigenvalue weighted by Crippen LogP contribution is -2.09. The Morgan fingerprint density at radius 2 is 1.71 bits per heavy atom. The van der Waals surface area contributed by atoms with Gasteiger partial charge < -0.3 is 10.2 Å². The molecule has 1 heterocycles. The third-order valence-corrected chi connectivity index (χ3v) is 7.62. The van der Waals surface area contributed by atoms with E-state index in [4.69, 9.17) is 10.2 Å². The largest absolute Gasteiger partial charge is 0.505 e. The van der Waals surface area contributed by atoms with Gasteiger partial charge in [-0.25, -0.2) is 0 Å². The quantitative estimate of drug-likeness (QED) is 0.286. The van der Waals surface area contributed by atoms with E-state index >= 15 is 0 Å². The van der Waals surface area contributed by atoms with Crippen molar-refractivity contribution in [3.63, 3.8) is 0 Å². The zero-order valence-electron chi connectivity index (χ0n) is 19.6. The molecule has 4 aromatic rings. The topological polar surface area (TPSA) is 88.2 Å². The van der Waals surface area contributed by atoms with Crippen molar-refractivity contribution in [1.29, 1.82) is 0 Å². The zero-order chi connectivity index (χ0) is 24.2. The van der Waals surface area contributed by atoms with Gasteiger partial charge in [-0.3, -0.25) is 4.79 Å². The minimum Gasteiger partial charge on any atom is -0.505 e. The predicted molar refractivity (Wildman–Crippen MR) is 137 cm³/mol. The Kier molecular flexibility index (Phi) is 7.04.